The molecule has 0 aliphatic rings. The molecule has 1 atom stereocenters. The molecular weight excluding hydrogens is 332 g/mol. The summed E-state index contributed by atoms with van der Waals surface area (Å²) in [7, 11) is -6.89. The lowest BCUT2D eigenvalue weighted by Crippen LogP contribution is -2.58. The third kappa shape index (κ3) is 8.32. The lowest BCUT2D eigenvalue weighted by atomic mass is 10.9. The molecule has 0 rings (SSSR count). The Morgan fingerprint density at radius 3 is 1.48 bits per heavy atom. The highest BCUT2D eigenvalue weighted by Crippen LogP contribution is 2.28. The van der Waals surface area contributed by atoms with Gasteiger partial charge in [-0.3, -0.25) is 0 Å². The Morgan fingerprint density at radius 1 is 0.762 bits per heavy atom. The van der Waals surface area contributed by atoms with Crippen LogP contribution in [0, 0.1) is 0 Å². The number of rotatable bonds is 8. The van der Waals surface area contributed by atoms with Crippen molar-refractivity contribution in [2.45, 2.75) is 58.9 Å². The van der Waals surface area contributed by atoms with Crippen LogP contribution >= 0.6 is 0 Å². The molecule has 124 valence electrons. The fraction of sp³-hybridized carbons (Fsp3) is 0.769. The van der Waals surface area contributed by atoms with Gasteiger partial charge in [-0.05, 0) is 58.9 Å². The van der Waals surface area contributed by atoms with Crippen molar-refractivity contribution >= 4 is 33.8 Å². The summed E-state index contributed by atoms with van der Waals surface area (Å²) in [4.78, 5) is 0. The molecule has 0 spiro atoms. The van der Waals surface area contributed by atoms with Gasteiger partial charge in [-0.15, -0.1) is 0 Å². The fourth-order valence-corrected chi connectivity index (χ4v) is 19.2. The van der Waals surface area contributed by atoms with E-state index in [-0.39, 0.29) is 0 Å². The highest BCUT2D eigenvalue weighted by atomic mass is 28.5. The Morgan fingerprint density at radius 2 is 1.19 bits per heavy atom. The summed E-state index contributed by atoms with van der Waals surface area (Å²) in [5.41, 5.74) is 2.86. The van der Waals surface area contributed by atoms with Crippen LogP contribution < -0.4 is 0 Å². The van der Waals surface area contributed by atoms with Crippen molar-refractivity contribution in [2.24, 2.45) is 0 Å². The molecule has 0 aromatic heterocycles. The Balaban J connectivity index is 5.48. The molecule has 4 nitrogen and oxygen atoms in total. The van der Waals surface area contributed by atoms with Crippen molar-refractivity contribution in [1.82, 2.24) is 0 Å². The van der Waals surface area contributed by atoms with Crippen LogP contribution in [0.3, 0.4) is 0 Å². The average Bonchev–Trinajstić information content (AvgIpc) is 2.09. The second-order valence-electron chi connectivity index (χ2n) is 7.59. The Kier molecular flexibility index (Phi) is 7.12. The van der Waals surface area contributed by atoms with Gasteiger partial charge in [0.1, 0.15) is 0 Å². The van der Waals surface area contributed by atoms with E-state index in [1.807, 2.05) is 6.55 Å². The standard InChI is InChI=1S/C13H32O4Si4/c1-12-13(14-2)21(11,16-19(6,7)8)17-20(9,10)15-18(3,4)5/h1H2,2-11H3. The monoisotopic (exact) mass is 364 g/mol. The summed E-state index contributed by atoms with van der Waals surface area (Å²) in [6, 6.07) is 0. The minimum atomic E-state index is -2.71. The maximum atomic E-state index is 6.46. The van der Waals surface area contributed by atoms with Gasteiger partial charge in [0.05, 0.1) is 7.11 Å². The van der Waals surface area contributed by atoms with Crippen molar-refractivity contribution in [1.29, 1.82) is 0 Å². The maximum absolute atomic E-state index is 6.46. The predicted molar refractivity (Wildman–Crippen MR) is 98.7 cm³/mol. The molecule has 0 aliphatic carbocycles. The average molecular weight is 365 g/mol. The highest BCUT2D eigenvalue weighted by Gasteiger charge is 2.48. The van der Waals surface area contributed by atoms with Crippen molar-refractivity contribution in [3.8, 4) is 0 Å². The molecule has 0 fully saturated rings. The first-order chi connectivity index (χ1) is 9.14. The summed E-state index contributed by atoms with van der Waals surface area (Å²) in [5, 5.41) is 0.602. The summed E-state index contributed by atoms with van der Waals surface area (Å²) in [6.45, 7) is 22.8. The van der Waals surface area contributed by atoms with Crippen molar-refractivity contribution in [3.05, 3.63) is 17.7 Å². The number of ether oxygens (including phenoxy) is 1. The maximum Gasteiger partial charge on any atom is 0.396 e. The zero-order chi connectivity index (χ0) is 17.1. The van der Waals surface area contributed by atoms with Crippen LogP contribution in [0.15, 0.2) is 17.7 Å². The second kappa shape index (κ2) is 7.09. The minimum Gasteiger partial charge on any atom is -0.492 e. The minimum absolute atomic E-state index is 0.602. The molecule has 0 heterocycles. The Hall–Kier alpha value is 0.0675. The van der Waals surface area contributed by atoms with Crippen LogP contribution in [-0.4, -0.2) is 40.9 Å². The lowest BCUT2D eigenvalue weighted by Gasteiger charge is -2.40. The first-order valence-electron chi connectivity index (χ1n) is 7.19. The molecule has 0 N–H and O–H groups in total. The van der Waals surface area contributed by atoms with Gasteiger partial charge in [0.25, 0.3) is 0 Å². The normalized spacial score (nSPS) is 16.1. The zero-order valence-electron chi connectivity index (χ0n) is 15.3. The molecule has 0 aromatic rings. The van der Waals surface area contributed by atoms with E-state index in [4.69, 9.17) is 17.1 Å². The molecular formula is C13H32O4Si4. The summed E-state index contributed by atoms with van der Waals surface area (Å²) in [6.07, 6.45) is 0. The third-order valence-electron chi connectivity index (χ3n) is 2.27. The zero-order valence-corrected chi connectivity index (χ0v) is 19.3. The van der Waals surface area contributed by atoms with Gasteiger partial charge in [0.15, 0.2) is 22.0 Å². The van der Waals surface area contributed by atoms with E-state index < -0.39 is 33.8 Å². The van der Waals surface area contributed by atoms with Gasteiger partial charge >= 0.3 is 17.1 Å². The van der Waals surface area contributed by atoms with Gasteiger partial charge in [-0.2, -0.15) is 0 Å². The van der Waals surface area contributed by atoms with Crippen LogP contribution in [0.2, 0.25) is 58.9 Å². The molecule has 8 heteroatoms. The molecule has 21 heavy (non-hydrogen) atoms. The van der Waals surface area contributed by atoms with Crippen LogP contribution in [0.25, 0.3) is 0 Å². The molecule has 0 amide bonds. The van der Waals surface area contributed by atoms with E-state index in [0.717, 1.165) is 0 Å². The highest BCUT2D eigenvalue weighted by molar-refractivity contribution is 6.91. The molecule has 0 saturated carbocycles. The first kappa shape index (κ1) is 21.1. The van der Waals surface area contributed by atoms with E-state index >= 15 is 0 Å². The van der Waals surface area contributed by atoms with Crippen LogP contribution in [0.5, 0.6) is 0 Å². The van der Waals surface area contributed by atoms with Gasteiger partial charge < -0.3 is 17.1 Å². The predicted octanol–water partition coefficient (Wildman–Crippen LogP) is 4.33. The molecule has 0 aliphatic heterocycles. The quantitative estimate of drug-likeness (QED) is 0.365. The largest absolute Gasteiger partial charge is 0.492 e. The van der Waals surface area contributed by atoms with E-state index in [2.05, 4.69) is 64.7 Å². The van der Waals surface area contributed by atoms with Crippen LogP contribution in [-0.2, 0) is 17.1 Å². The van der Waals surface area contributed by atoms with Gasteiger partial charge in [0, 0.05) is 0 Å². The van der Waals surface area contributed by atoms with Crippen LogP contribution in [0.4, 0.5) is 0 Å². The molecule has 0 radical (unpaired) electrons. The van der Waals surface area contributed by atoms with E-state index in [0.29, 0.717) is 5.38 Å². The Labute approximate surface area is 134 Å². The van der Waals surface area contributed by atoms with Crippen molar-refractivity contribution in [3.63, 3.8) is 0 Å². The smallest absolute Gasteiger partial charge is 0.396 e. The number of methoxy groups -OCH3 is 1. The van der Waals surface area contributed by atoms with E-state index in [1.165, 1.54) is 0 Å². The topological polar surface area (TPSA) is 36.9 Å². The SMILES string of the molecule is C=C=C(OC)[Si](C)(O[Si](C)(C)C)O[Si](C)(C)O[Si](C)(C)C. The van der Waals surface area contributed by atoms with Crippen molar-refractivity contribution in [2.75, 3.05) is 7.11 Å². The molecule has 0 bridgehead atoms. The van der Waals surface area contributed by atoms with Gasteiger partial charge in [-0.1, -0.05) is 12.3 Å². The fourth-order valence-electron chi connectivity index (χ4n) is 2.34. The van der Waals surface area contributed by atoms with Crippen molar-refractivity contribution < 1.29 is 17.1 Å². The summed E-state index contributed by atoms with van der Waals surface area (Å²) in [5.74, 6) is 0. The van der Waals surface area contributed by atoms with Gasteiger partial charge in [-0.25, -0.2) is 0 Å². The number of hydrogen-bond donors (Lipinski definition) is 0. The molecule has 1 unspecified atom stereocenters. The summed E-state index contributed by atoms with van der Waals surface area (Å²) < 4.78 is 24.6. The lowest BCUT2D eigenvalue weighted by molar-refractivity contribution is 0.260. The molecule has 0 saturated heterocycles. The van der Waals surface area contributed by atoms with Gasteiger partial charge in [0.2, 0.25) is 0 Å². The molecule has 0 aromatic carbocycles. The van der Waals surface area contributed by atoms with Crippen LogP contribution in [0.1, 0.15) is 0 Å². The number of hydrogen-bond acceptors (Lipinski definition) is 4. The third-order valence-corrected chi connectivity index (χ3v) is 15.4. The summed E-state index contributed by atoms with van der Waals surface area (Å²) >= 11 is 0. The van der Waals surface area contributed by atoms with E-state index in [9.17, 15) is 0 Å². The first-order valence-corrected chi connectivity index (χ1v) is 19.1. The van der Waals surface area contributed by atoms with E-state index in [1.54, 1.807) is 7.11 Å². The Bertz CT molecular complexity index is 405. The second-order valence-corrected chi connectivity index (χ2v) is 23.6.